The molecule has 1 aliphatic carbocycles. The summed E-state index contributed by atoms with van der Waals surface area (Å²) in [6, 6.07) is 3.88. The minimum atomic E-state index is -0.434. The van der Waals surface area contributed by atoms with Crippen molar-refractivity contribution in [1.29, 1.82) is 0 Å². The van der Waals surface area contributed by atoms with Crippen LogP contribution >= 0.6 is 15.9 Å². The van der Waals surface area contributed by atoms with Crippen LogP contribution < -0.4 is 0 Å². The van der Waals surface area contributed by atoms with E-state index in [4.69, 9.17) is 4.74 Å². The number of aryl methyl sites for hydroxylation is 1. The molecule has 0 aromatic carbocycles. The quantitative estimate of drug-likeness (QED) is 0.621. The van der Waals surface area contributed by atoms with Crippen molar-refractivity contribution in [2.75, 3.05) is 13.1 Å². The summed E-state index contributed by atoms with van der Waals surface area (Å²) in [6.07, 6.45) is 8.53. The number of carbonyl (C=O) groups excluding carboxylic acids is 1. The third-order valence-electron chi connectivity index (χ3n) is 6.95. The fourth-order valence-electron chi connectivity index (χ4n) is 5.48. The van der Waals surface area contributed by atoms with Crippen molar-refractivity contribution in [2.45, 2.75) is 83.1 Å². The highest BCUT2D eigenvalue weighted by atomic mass is 79.9. The van der Waals surface area contributed by atoms with Gasteiger partial charge in [0.05, 0.1) is 0 Å². The maximum atomic E-state index is 12.7. The number of ether oxygens (including phenoxy) is 1. The number of likely N-dealkylation sites (tertiary alicyclic amines) is 1. The first-order chi connectivity index (χ1) is 14.2. The Labute approximate surface area is 186 Å². The Hall–Kier alpha value is -1.60. The van der Waals surface area contributed by atoms with Gasteiger partial charge in [0.15, 0.2) is 0 Å². The van der Waals surface area contributed by atoms with Gasteiger partial charge in [0, 0.05) is 59.5 Å². The summed E-state index contributed by atoms with van der Waals surface area (Å²) in [5, 5.41) is 1.23. The average molecular weight is 475 g/mol. The van der Waals surface area contributed by atoms with Crippen LogP contribution in [0.5, 0.6) is 0 Å². The Balaban J connectivity index is 1.24. The number of rotatable bonds is 2. The minimum Gasteiger partial charge on any atom is -0.444 e. The molecule has 2 aliphatic heterocycles. The standard InChI is InChI=1S/C23H31BrN4O2/c1-14-11-27(21-20(14)7-15(24)10-25-21)19-8-18(9-19)26-12-16-5-6-17(13-26)28(16)22(29)30-23(2,3)4/h7,10-11,16-19H,5-6,8-9,12-13H2,1-4H3. The second-order valence-corrected chi connectivity index (χ2v) is 11.2. The zero-order chi connectivity index (χ0) is 21.2. The third kappa shape index (κ3) is 3.54. The van der Waals surface area contributed by atoms with Crippen molar-refractivity contribution in [3.63, 3.8) is 0 Å². The Morgan fingerprint density at radius 1 is 1.13 bits per heavy atom. The molecule has 2 saturated heterocycles. The van der Waals surface area contributed by atoms with Gasteiger partial charge in [-0.2, -0.15) is 0 Å². The molecular weight excluding hydrogens is 444 g/mol. The normalized spacial score (nSPS) is 29.3. The summed E-state index contributed by atoms with van der Waals surface area (Å²) in [5.74, 6) is 0. The number of aromatic nitrogens is 2. The maximum absolute atomic E-state index is 12.7. The van der Waals surface area contributed by atoms with Gasteiger partial charge >= 0.3 is 6.09 Å². The van der Waals surface area contributed by atoms with E-state index < -0.39 is 5.60 Å². The molecule has 3 fully saturated rings. The molecule has 1 amide bonds. The molecule has 2 aromatic rings. The highest BCUT2D eigenvalue weighted by molar-refractivity contribution is 9.10. The lowest BCUT2D eigenvalue weighted by molar-refractivity contribution is -0.0242. The summed E-state index contributed by atoms with van der Waals surface area (Å²) < 4.78 is 9.08. The van der Waals surface area contributed by atoms with E-state index in [1.54, 1.807) is 0 Å². The van der Waals surface area contributed by atoms with Gasteiger partial charge in [-0.15, -0.1) is 0 Å². The van der Waals surface area contributed by atoms with E-state index in [0.717, 1.165) is 48.9 Å². The van der Waals surface area contributed by atoms with Crippen molar-refractivity contribution in [3.8, 4) is 0 Å². The number of piperazine rings is 1. The van der Waals surface area contributed by atoms with E-state index in [0.29, 0.717) is 24.2 Å². The lowest BCUT2D eigenvalue weighted by atomic mass is 9.84. The molecule has 4 heterocycles. The lowest BCUT2D eigenvalue weighted by Gasteiger charge is -2.49. The number of halogens is 1. The van der Waals surface area contributed by atoms with E-state index in [-0.39, 0.29) is 6.09 Å². The van der Waals surface area contributed by atoms with Crippen LogP contribution in [0.3, 0.4) is 0 Å². The van der Waals surface area contributed by atoms with E-state index in [1.165, 1.54) is 10.9 Å². The molecule has 0 spiro atoms. The van der Waals surface area contributed by atoms with E-state index >= 15 is 0 Å². The SMILES string of the molecule is Cc1cn(C2CC(N3CC4CCC(C3)N4C(=O)OC(C)(C)C)C2)c2ncc(Br)cc12. The van der Waals surface area contributed by atoms with Crippen molar-refractivity contribution < 1.29 is 9.53 Å². The van der Waals surface area contributed by atoms with Crippen molar-refractivity contribution in [2.24, 2.45) is 0 Å². The second-order valence-electron chi connectivity index (χ2n) is 10.2. The Kier molecular flexibility index (Phi) is 4.89. The molecule has 30 heavy (non-hydrogen) atoms. The van der Waals surface area contributed by atoms with Gasteiger partial charge in [-0.25, -0.2) is 9.78 Å². The van der Waals surface area contributed by atoms with Crippen LogP contribution in [-0.4, -0.2) is 62.3 Å². The van der Waals surface area contributed by atoms with Crippen molar-refractivity contribution >= 4 is 33.1 Å². The Bertz CT molecular complexity index is 961. The largest absolute Gasteiger partial charge is 0.444 e. The van der Waals surface area contributed by atoms with Crippen molar-refractivity contribution in [3.05, 3.63) is 28.5 Å². The van der Waals surface area contributed by atoms with E-state index in [9.17, 15) is 4.79 Å². The second kappa shape index (κ2) is 7.23. The van der Waals surface area contributed by atoms with Crippen LogP contribution in [0.25, 0.3) is 11.0 Å². The summed E-state index contributed by atoms with van der Waals surface area (Å²) in [5.41, 5.74) is 1.94. The zero-order valence-electron chi connectivity index (χ0n) is 18.3. The predicted octanol–water partition coefficient (Wildman–Crippen LogP) is 4.89. The van der Waals surface area contributed by atoms with Gasteiger partial charge in [-0.05, 0) is 80.9 Å². The van der Waals surface area contributed by atoms with Gasteiger partial charge in [-0.1, -0.05) is 0 Å². The monoisotopic (exact) mass is 474 g/mol. The summed E-state index contributed by atoms with van der Waals surface area (Å²) in [6.45, 7) is 9.94. The first-order valence-corrected chi connectivity index (χ1v) is 11.9. The van der Waals surface area contributed by atoms with Crippen LogP contribution in [0.2, 0.25) is 0 Å². The highest BCUT2D eigenvalue weighted by Crippen LogP contribution is 2.42. The summed E-state index contributed by atoms with van der Waals surface area (Å²) in [7, 11) is 0. The van der Waals surface area contributed by atoms with Crippen LogP contribution in [0.15, 0.2) is 22.9 Å². The topological polar surface area (TPSA) is 50.6 Å². The summed E-state index contributed by atoms with van der Waals surface area (Å²) in [4.78, 5) is 22.0. The molecule has 2 aromatic heterocycles. The van der Waals surface area contributed by atoms with Crippen LogP contribution in [-0.2, 0) is 4.74 Å². The molecule has 0 radical (unpaired) electrons. The number of carbonyl (C=O) groups is 1. The maximum Gasteiger partial charge on any atom is 0.410 e. The molecule has 3 aliphatic rings. The fourth-order valence-corrected chi connectivity index (χ4v) is 5.81. The van der Waals surface area contributed by atoms with E-state index in [1.807, 2.05) is 31.9 Å². The molecule has 0 N–H and O–H groups in total. The predicted molar refractivity (Wildman–Crippen MR) is 121 cm³/mol. The molecule has 1 saturated carbocycles. The minimum absolute atomic E-state index is 0.132. The number of amides is 1. The molecule has 2 bridgehead atoms. The Morgan fingerprint density at radius 3 is 2.43 bits per heavy atom. The number of fused-ring (bicyclic) bond motifs is 3. The van der Waals surface area contributed by atoms with Gasteiger partial charge in [-0.3, -0.25) is 9.80 Å². The summed E-state index contributed by atoms with van der Waals surface area (Å²) >= 11 is 3.54. The number of hydrogen-bond acceptors (Lipinski definition) is 4. The highest BCUT2D eigenvalue weighted by Gasteiger charge is 2.47. The molecular formula is C23H31BrN4O2. The Morgan fingerprint density at radius 2 is 1.80 bits per heavy atom. The van der Waals surface area contributed by atoms with Crippen molar-refractivity contribution in [1.82, 2.24) is 19.4 Å². The first-order valence-electron chi connectivity index (χ1n) is 11.1. The number of nitrogens with zero attached hydrogens (tertiary/aromatic N) is 4. The molecule has 5 rings (SSSR count). The lowest BCUT2D eigenvalue weighted by Crippen LogP contribution is -2.60. The molecule has 2 unspecified atom stereocenters. The van der Waals surface area contributed by atoms with Gasteiger partial charge in [0.2, 0.25) is 0 Å². The smallest absolute Gasteiger partial charge is 0.410 e. The average Bonchev–Trinajstić information content (AvgIpc) is 3.06. The molecule has 6 nitrogen and oxygen atoms in total. The number of pyridine rings is 1. The van der Waals surface area contributed by atoms with Crippen LogP contribution in [0.4, 0.5) is 4.79 Å². The molecule has 162 valence electrons. The molecule has 2 atom stereocenters. The van der Waals surface area contributed by atoms with Crippen LogP contribution in [0, 0.1) is 6.92 Å². The third-order valence-corrected chi connectivity index (χ3v) is 7.38. The number of hydrogen-bond donors (Lipinski definition) is 0. The molecule has 7 heteroatoms. The fraction of sp³-hybridized carbons (Fsp3) is 0.652. The first kappa shape index (κ1) is 20.3. The van der Waals surface area contributed by atoms with Gasteiger partial charge in [0.1, 0.15) is 11.2 Å². The van der Waals surface area contributed by atoms with Gasteiger partial charge < -0.3 is 9.30 Å². The van der Waals surface area contributed by atoms with Gasteiger partial charge in [0.25, 0.3) is 0 Å². The van der Waals surface area contributed by atoms with E-state index in [2.05, 4.69) is 49.6 Å². The van der Waals surface area contributed by atoms with Crippen LogP contribution in [0.1, 0.15) is 58.1 Å². The zero-order valence-corrected chi connectivity index (χ0v) is 19.9.